The predicted octanol–water partition coefficient (Wildman–Crippen LogP) is 1.94. The second kappa shape index (κ2) is 6.28. The molecule has 0 radical (unpaired) electrons. The fraction of sp³-hybridized carbons (Fsp3) is 0.357. The van der Waals surface area contributed by atoms with Gasteiger partial charge in [-0.2, -0.15) is 5.10 Å². The number of aromatic amines is 1. The van der Waals surface area contributed by atoms with E-state index >= 15 is 0 Å². The summed E-state index contributed by atoms with van der Waals surface area (Å²) in [5.74, 6) is 0. The number of hydrogen-bond acceptors (Lipinski definition) is 4. The molecule has 3 N–H and O–H groups in total. The molecule has 0 saturated heterocycles. The lowest BCUT2D eigenvalue weighted by molar-refractivity contribution is 0.584. The van der Waals surface area contributed by atoms with Gasteiger partial charge in [-0.3, -0.25) is 5.10 Å². The number of aryl methyl sites for hydroxylation is 2. The van der Waals surface area contributed by atoms with Crippen molar-refractivity contribution < 1.29 is 8.42 Å². The standard InChI is InChI=1S/C14H20N4O2S/c1-4-16-21(19,20)13-7-5-12(6-8-13)15-9-14-10(2)17-18-11(14)3/h5-8,15-16H,4,9H2,1-3H3,(H,17,18). The van der Waals surface area contributed by atoms with Gasteiger partial charge in [0.15, 0.2) is 0 Å². The molecule has 0 unspecified atom stereocenters. The fourth-order valence-corrected chi connectivity index (χ4v) is 3.09. The van der Waals surface area contributed by atoms with Crippen LogP contribution >= 0.6 is 0 Å². The Morgan fingerprint density at radius 3 is 2.38 bits per heavy atom. The topological polar surface area (TPSA) is 86.9 Å². The molecule has 21 heavy (non-hydrogen) atoms. The van der Waals surface area contributed by atoms with Gasteiger partial charge in [0, 0.05) is 30.0 Å². The summed E-state index contributed by atoms with van der Waals surface area (Å²) in [5, 5.41) is 10.3. The molecule has 0 saturated carbocycles. The first-order valence-electron chi connectivity index (χ1n) is 6.78. The van der Waals surface area contributed by atoms with E-state index in [2.05, 4.69) is 20.2 Å². The van der Waals surface area contributed by atoms with Crippen LogP contribution in [0.15, 0.2) is 29.2 Å². The van der Waals surface area contributed by atoms with E-state index in [0.717, 1.165) is 22.6 Å². The summed E-state index contributed by atoms with van der Waals surface area (Å²) in [6.07, 6.45) is 0. The lowest BCUT2D eigenvalue weighted by Gasteiger charge is -2.08. The summed E-state index contributed by atoms with van der Waals surface area (Å²) in [5.41, 5.74) is 3.99. The Balaban J connectivity index is 2.07. The van der Waals surface area contributed by atoms with Crippen LogP contribution in [0, 0.1) is 13.8 Å². The molecule has 1 aromatic heterocycles. The van der Waals surface area contributed by atoms with Crippen LogP contribution < -0.4 is 10.0 Å². The largest absolute Gasteiger partial charge is 0.381 e. The second-order valence-electron chi connectivity index (χ2n) is 4.79. The van der Waals surface area contributed by atoms with Gasteiger partial charge in [0.05, 0.1) is 10.6 Å². The highest BCUT2D eigenvalue weighted by Gasteiger charge is 2.12. The Labute approximate surface area is 125 Å². The van der Waals surface area contributed by atoms with Crippen molar-refractivity contribution >= 4 is 15.7 Å². The molecule has 2 rings (SSSR count). The van der Waals surface area contributed by atoms with E-state index in [1.807, 2.05) is 13.8 Å². The molecule has 7 heteroatoms. The van der Waals surface area contributed by atoms with E-state index in [4.69, 9.17) is 0 Å². The number of aromatic nitrogens is 2. The molecular weight excluding hydrogens is 288 g/mol. The number of benzene rings is 1. The highest BCUT2D eigenvalue weighted by Crippen LogP contribution is 2.16. The van der Waals surface area contributed by atoms with Gasteiger partial charge in [0.1, 0.15) is 0 Å². The summed E-state index contributed by atoms with van der Waals surface area (Å²) in [6, 6.07) is 6.70. The van der Waals surface area contributed by atoms with Crippen LogP contribution in [0.5, 0.6) is 0 Å². The highest BCUT2D eigenvalue weighted by atomic mass is 32.2. The minimum absolute atomic E-state index is 0.269. The van der Waals surface area contributed by atoms with Gasteiger partial charge >= 0.3 is 0 Å². The van der Waals surface area contributed by atoms with Crippen molar-refractivity contribution in [3.8, 4) is 0 Å². The van der Waals surface area contributed by atoms with Crippen LogP contribution in [0.3, 0.4) is 0 Å². The molecule has 6 nitrogen and oxygen atoms in total. The van der Waals surface area contributed by atoms with E-state index in [9.17, 15) is 8.42 Å². The number of nitrogens with one attached hydrogen (secondary N) is 3. The monoisotopic (exact) mass is 308 g/mol. The Morgan fingerprint density at radius 1 is 1.19 bits per heavy atom. The summed E-state index contributed by atoms with van der Waals surface area (Å²) in [6.45, 7) is 6.70. The molecule has 2 aromatic rings. The van der Waals surface area contributed by atoms with Gasteiger partial charge in [0.25, 0.3) is 0 Å². The highest BCUT2D eigenvalue weighted by molar-refractivity contribution is 7.89. The zero-order valence-electron chi connectivity index (χ0n) is 12.4. The summed E-state index contributed by atoms with van der Waals surface area (Å²) < 4.78 is 26.1. The SMILES string of the molecule is CCNS(=O)(=O)c1ccc(NCc2c(C)n[nH]c2C)cc1. The first-order valence-corrected chi connectivity index (χ1v) is 8.26. The molecule has 0 spiro atoms. The minimum Gasteiger partial charge on any atom is -0.381 e. The number of H-pyrrole nitrogens is 1. The summed E-state index contributed by atoms with van der Waals surface area (Å²) in [7, 11) is -3.39. The van der Waals surface area contributed by atoms with Crippen molar-refractivity contribution in [2.75, 3.05) is 11.9 Å². The maximum Gasteiger partial charge on any atom is 0.240 e. The van der Waals surface area contributed by atoms with E-state index in [-0.39, 0.29) is 4.90 Å². The van der Waals surface area contributed by atoms with Crippen LogP contribution in [-0.2, 0) is 16.6 Å². The number of sulfonamides is 1. The molecule has 1 heterocycles. The number of anilines is 1. The minimum atomic E-state index is -3.39. The number of hydrogen-bond donors (Lipinski definition) is 3. The molecular formula is C14H20N4O2S. The quantitative estimate of drug-likeness (QED) is 0.761. The van der Waals surface area contributed by atoms with Gasteiger partial charge in [0.2, 0.25) is 10.0 Å². The van der Waals surface area contributed by atoms with Crippen molar-refractivity contribution in [1.82, 2.24) is 14.9 Å². The average Bonchev–Trinajstić information content (AvgIpc) is 2.76. The molecule has 0 aliphatic heterocycles. The maximum atomic E-state index is 11.8. The average molecular weight is 308 g/mol. The van der Waals surface area contributed by atoms with Crippen molar-refractivity contribution in [2.45, 2.75) is 32.2 Å². The molecule has 0 aliphatic rings. The van der Waals surface area contributed by atoms with Crippen LogP contribution in [0.4, 0.5) is 5.69 Å². The first kappa shape index (κ1) is 15.5. The van der Waals surface area contributed by atoms with Gasteiger partial charge < -0.3 is 5.32 Å². The van der Waals surface area contributed by atoms with E-state index in [1.54, 1.807) is 31.2 Å². The van der Waals surface area contributed by atoms with E-state index in [0.29, 0.717) is 13.1 Å². The molecule has 0 amide bonds. The zero-order chi connectivity index (χ0) is 15.5. The maximum absolute atomic E-state index is 11.8. The van der Waals surface area contributed by atoms with E-state index in [1.165, 1.54) is 0 Å². The lowest BCUT2D eigenvalue weighted by atomic mass is 10.2. The van der Waals surface area contributed by atoms with Gasteiger partial charge in [-0.1, -0.05) is 6.92 Å². The normalized spacial score (nSPS) is 11.6. The Bertz CT molecular complexity index is 686. The van der Waals surface area contributed by atoms with Crippen LogP contribution in [-0.4, -0.2) is 25.2 Å². The number of rotatable bonds is 6. The van der Waals surface area contributed by atoms with Crippen molar-refractivity contribution in [3.05, 3.63) is 41.2 Å². The van der Waals surface area contributed by atoms with Crippen LogP contribution in [0.1, 0.15) is 23.9 Å². The van der Waals surface area contributed by atoms with Gasteiger partial charge in [-0.05, 0) is 38.1 Å². The van der Waals surface area contributed by atoms with Crippen molar-refractivity contribution in [1.29, 1.82) is 0 Å². The Morgan fingerprint density at radius 2 is 1.86 bits per heavy atom. The molecule has 0 aliphatic carbocycles. The first-order chi connectivity index (χ1) is 9.94. The summed E-state index contributed by atoms with van der Waals surface area (Å²) >= 11 is 0. The third kappa shape index (κ3) is 3.62. The predicted molar refractivity (Wildman–Crippen MR) is 82.7 cm³/mol. The Kier molecular flexibility index (Phi) is 4.64. The van der Waals surface area contributed by atoms with Gasteiger partial charge in [-0.25, -0.2) is 13.1 Å². The fourth-order valence-electron chi connectivity index (χ4n) is 2.05. The van der Waals surface area contributed by atoms with Crippen molar-refractivity contribution in [2.24, 2.45) is 0 Å². The van der Waals surface area contributed by atoms with Crippen molar-refractivity contribution in [3.63, 3.8) is 0 Å². The Hall–Kier alpha value is -1.86. The lowest BCUT2D eigenvalue weighted by Crippen LogP contribution is -2.23. The molecule has 1 aromatic carbocycles. The zero-order valence-corrected chi connectivity index (χ0v) is 13.2. The third-order valence-corrected chi connectivity index (χ3v) is 4.81. The number of nitrogens with zero attached hydrogens (tertiary/aromatic N) is 1. The molecule has 0 bridgehead atoms. The van der Waals surface area contributed by atoms with Crippen LogP contribution in [0.2, 0.25) is 0 Å². The van der Waals surface area contributed by atoms with Gasteiger partial charge in [-0.15, -0.1) is 0 Å². The van der Waals surface area contributed by atoms with Crippen LogP contribution in [0.25, 0.3) is 0 Å². The third-order valence-electron chi connectivity index (χ3n) is 3.25. The summed E-state index contributed by atoms with van der Waals surface area (Å²) in [4.78, 5) is 0.269. The van der Waals surface area contributed by atoms with E-state index < -0.39 is 10.0 Å². The molecule has 0 fully saturated rings. The molecule has 0 atom stereocenters. The smallest absolute Gasteiger partial charge is 0.240 e. The molecule has 114 valence electrons. The second-order valence-corrected chi connectivity index (χ2v) is 6.56.